The van der Waals surface area contributed by atoms with Crippen molar-refractivity contribution in [2.75, 3.05) is 13.7 Å². The number of hydrogen-bond donors (Lipinski definition) is 0. The van der Waals surface area contributed by atoms with Gasteiger partial charge >= 0.3 is 5.97 Å². The Morgan fingerprint density at radius 2 is 1.90 bits per heavy atom. The Balaban J connectivity index is 2.69. The van der Waals surface area contributed by atoms with E-state index in [1.165, 1.54) is 7.11 Å². The van der Waals surface area contributed by atoms with Gasteiger partial charge in [-0.1, -0.05) is 18.1 Å². The fraction of sp³-hybridized carbons (Fsp3) is 0.389. The Morgan fingerprint density at radius 3 is 2.48 bits per heavy atom. The van der Waals surface area contributed by atoms with Crippen molar-refractivity contribution in [3.8, 4) is 29.4 Å². The van der Waals surface area contributed by atoms with Crippen molar-refractivity contribution in [1.29, 1.82) is 0 Å². The van der Waals surface area contributed by atoms with Gasteiger partial charge in [0.1, 0.15) is 5.75 Å². The summed E-state index contributed by atoms with van der Waals surface area (Å²) in [4.78, 5) is 11.4. The maximum atomic E-state index is 11.4. The highest BCUT2D eigenvalue weighted by Gasteiger charge is 2.14. The van der Waals surface area contributed by atoms with Crippen LogP contribution >= 0.6 is 0 Å². The van der Waals surface area contributed by atoms with Crippen LogP contribution in [0.25, 0.3) is 0 Å². The monoisotopic (exact) mass is 284 g/mol. The Hall–Kier alpha value is -2.39. The molecule has 0 fully saturated rings. The highest BCUT2D eigenvalue weighted by Crippen LogP contribution is 2.22. The van der Waals surface area contributed by atoms with Gasteiger partial charge in [0.15, 0.2) is 0 Å². The molecular weight excluding hydrogens is 264 g/mol. The molecule has 1 atom stereocenters. The molecule has 0 N–H and O–H groups in total. The highest BCUT2D eigenvalue weighted by atomic mass is 16.5. The largest absolute Gasteiger partial charge is 0.493 e. The van der Waals surface area contributed by atoms with Crippen LogP contribution < -0.4 is 4.74 Å². The first-order valence-corrected chi connectivity index (χ1v) is 6.82. The smallest absolute Gasteiger partial charge is 0.307 e. The summed E-state index contributed by atoms with van der Waals surface area (Å²) in [5.41, 5.74) is 0.982. The van der Waals surface area contributed by atoms with Crippen LogP contribution in [0.15, 0.2) is 24.3 Å². The van der Waals surface area contributed by atoms with E-state index in [-0.39, 0.29) is 18.3 Å². The third kappa shape index (κ3) is 6.06. The quantitative estimate of drug-likeness (QED) is 0.457. The molecule has 0 aliphatic rings. The molecule has 0 amide bonds. The molecule has 0 bridgehead atoms. The number of benzene rings is 1. The van der Waals surface area contributed by atoms with Crippen LogP contribution in [0.2, 0.25) is 0 Å². The lowest BCUT2D eigenvalue weighted by molar-refractivity contribution is -0.140. The molecule has 0 spiro atoms. The van der Waals surface area contributed by atoms with E-state index < -0.39 is 0 Å². The zero-order valence-corrected chi connectivity index (χ0v) is 12.7. The molecule has 0 aromatic heterocycles. The number of esters is 1. The zero-order chi connectivity index (χ0) is 15.5. The first-order chi connectivity index (χ1) is 10.2. The van der Waals surface area contributed by atoms with Crippen LogP contribution in [-0.4, -0.2) is 19.7 Å². The molecule has 3 nitrogen and oxygen atoms in total. The van der Waals surface area contributed by atoms with E-state index >= 15 is 0 Å². The molecule has 1 aromatic rings. The van der Waals surface area contributed by atoms with Gasteiger partial charge in [0.25, 0.3) is 0 Å². The highest BCUT2D eigenvalue weighted by molar-refractivity contribution is 5.71. The molecule has 1 rings (SSSR count). The molecule has 21 heavy (non-hydrogen) atoms. The van der Waals surface area contributed by atoms with Crippen LogP contribution in [0.5, 0.6) is 5.75 Å². The average molecular weight is 284 g/mol. The van der Waals surface area contributed by atoms with Crippen molar-refractivity contribution in [3.05, 3.63) is 29.8 Å². The van der Waals surface area contributed by atoms with Gasteiger partial charge in [-0.2, -0.15) is 0 Å². The molecule has 0 unspecified atom stereocenters. The van der Waals surface area contributed by atoms with Crippen molar-refractivity contribution in [1.82, 2.24) is 0 Å². The minimum atomic E-state index is -0.263. The second-order valence-electron chi connectivity index (χ2n) is 4.32. The van der Waals surface area contributed by atoms with Crippen LogP contribution in [0.1, 0.15) is 38.2 Å². The summed E-state index contributed by atoms with van der Waals surface area (Å²) in [5, 5.41) is 0. The Morgan fingerprint density at radius 1 is 1.19 bits per heavy atom. The maximum Gasteiger partial charge on any atom is 0.307 e. The van der Waals surface area contributed by atoms with E-state index in [2.05, 4.69) is 23.7 Å². The number of methoxy groups -OCH3 is 1. The van der Waals surface area contributed by atoms with Gasteiger partial charge in [-0.25, -0.2) is 0 Å². The van der Waals surface area contributed by atoms with Crippen molar-refractivity contribution >= 4 is 5.97 Å². The molecule has 0 saturated heterocycles. The normalized spacial score (nSPS) is 10.4. The fourth-order valence-electron chi connectivity index (χ4n) is 1.82. The SMILES string of the molecule is CC#CCCOc1ccc([C@@H](C#CC)CC(=O)OC)cc1. The first kappa shape index (κ1) is 16.7. The zero-order valence-electron chi connectivity index (χ0n) is 12.7. The summed E-state index contributed by atoms with van der Waals surface area (Å²) < 4.78 is 10.3. The van der Waals surface area contributed by atoms with E-state index in [9.17, 15) is 4.79 Å². The molecule has 0 radical (unpaired) electrons. The summed E-state index contributed by atoms with van der Waals surface area (Å²) >= 11 is 0. The van der Waals surface area contributed by atoms with E-state index in [4.69, 9.17) is 9.47 Å². The summed E-state index contributed by atoms with van der Waals surface area (Å²) in [6.07, 6.45) is 0.966. The number of carbonyl (C=O) groups is 1. The van der Waals surface area contributed by atoms with Gasteiger partial charge in [0.05, 0.1) is 26.1 Å². The van der Waals surface area contributed by atoms with Gasteiger partial charge in [0, 0.05) is 6.42 Å². The van der Waals surface area contributed by atoms with Gasteiger partial charge in [-0.15, -0.1) is 17.8 Å². The Labute approximate surface area is 126 Å². The van der Waals surface area contributed by atoms with Crippen molar-refractivity contribution in [3.63, 3.8) is 0 Å². The molecule has 0 aliphatic carbocycles. The van der Waals surface area contributed by atoms with Crippen LogP contribution in [0.4, 0.5) is 0 Å². The molecule has 1 aromatic carbocycles. The van der Waals surface area contributed by atoms with E-state index in [1.54, 1.807) is 6.92 Å². The summed E-state index contributed by atoms with van der Waals surface area (Å²) in [5.74, 6) is 12.0. The lowest BCUT2D eigenvalue weighted by atomic mass is 9.96. The minimum Gasteiger partial charge on any atom is -0.493 e. The van der Waals surface area contributed by atoms with Crippen molar-refractivity contribution in [2.24, 2.45) is 0 Å². The molecule has 3 heteroatoms. The van der Waals surface area contributed by atoms with Gasteiger partial charge < -0.3 is 9.47 Å². The lowest BCUT2D eigenvalue weighted by Crippen LogP contribution is -2.07. The number of rotatable bonds is 6. The van der Waals surface area contributed by atoms with Crippen LogP contribution in [0.3, 0.4) is 0 Å². The van der Waals surface area contributed by atoms with Crippen molar-refractivity contribution in [2.45, 2.75) is 32.6 Å². The van der Waals surface area contributed by atoms with E-state index in [0.717, 1.165) is 11.3 Å². The summed E-state index contributed by atoms with van der Waals surface area (Å²) in [6.45, 7) is 4.14. The topological polar surface area (TPSA) is 35.5 Å². The van der Waals surface area contributed by atoms with Crippen LogP contribution in [-0.2, 0) is 9.53 Å². The van der Waals surface area contributed by atoms with Crippen LogP contribution in [0, 0.1) is 23.7 Å². The van der Waals surface area contributed by atoms with Gasteiger partial charge in [-0.3, -0.25) is 4.79 Å². The first-order valence-electron chi connectivity index (χ1n) is 6.82. The Kier molecular flexibility index (Phi) is 7.54. The molecular formula is C18H20O3. The third-order valence-corrected chi connectivity index (χ3v) is 2.87. The van der Waals surface area contributed by atoms with Gasteiger partial charge in [0.2, 0.25) is 0 Å². The molecule has 110 valence electrons. The summed E-state index contributed by atoms with van der Waals surface area (Å²) in [7, 11) is 1.38. The number of carbonyl (C=O) groups excluding carboxylic acids is 1. The maximum absolute atomic E-state index is 11.4. The predicted octanol–water partition coefficient (Wildman–Crippen LogP) is 3.15. The number of ether oxygens (including phenoxy) is 2. The van der Waals surface area contributed by atoms with E-state index in [1.807, 2.05) is 31.2 Å². The lowest BCUT2D eigenvalue weighted by Gasteiger charge is -2.11. The third-order valence-electron chi connectivity index (χ3n) is 2.87. The second kappa shape index (κ2) is 9.50. The summed E-state index contributed by atoms with van der Waals surface area (Å²) in [6, 6.07) is 7.63. The molecule has 0 saturated carbocycles. The van der Waals surface area contributed by atoms with Gasteiger partial charge in [-0.05, 0) is 31.5 Å². The Bertz CT molecular complexity index is 564. The standard InChI is InChI=1S/C18H20O3/c1-4-6-7-13-21-17-11-9-15(10-12-17)16(8-5-2)14-18(19)20-3/h9-12,16H,7,13-14H2,1-3H3/t16-/m0/s1. The molecule has 0 heterocycles. The fourth-order valence-corrected chi connectivity index (χ4v) is 1.82. The van der Waals surface area contributed by atoms with Crippen molar-refractivity contribution < 1.29 is 14.3 Å². The molecule has 0 aliphatic heterocycles. The van der Waals surface area contributed by atoms with E-state index in [0.29, 0.717) is 13.0 Å². The average Bonchev–Trinajstić information content (AvgIpc) is 2.51. The predicted molar refractivity (Wildman–Crippen MR) is 82.8 cm³/mol. The second-order valence-corrected chi connectivity index (χ2v) is 4.32. The minimum absolute atomic E-state index is 0.151. The number of hydrogen-bond acceptors (Lipinski definition) is 3.